The van der Waals surface area contributed by atoms with Gasteiger partial charge in [-0.1, -0.05) is 12.2 Å². The van der Waals surface area contributed by atoms with Crippen LogP contribution >= 0.6 is 0 Å². The summed E-state index contributed by atoms with van der Waals surface area (Å²) in [4.78, 5) is 5.60. The van der Waals surface area contributed by atoms with E-state index in [1.54, 1.807) is 0 Å². The van der Waals surface area contributed by atoms with Crippen molar-refractivity contribution < 1.29 is 0 Å². The molecule has 3 heteroatoms. The van der Waals surface area contributed by atoms with Crippen LogP contribution in [0, 0.1) is 0 Å². The second-order valence-electron chi connectivity index (χ2n) is 4.28. The van der Waals surface area contributed by atoms with Crippen LogP contribution in [0.3, 0.4) is 0 Å². The summed E-state index contributed by atoms with van der Waals surface area (Å²) in [5, 5.41) is 3.43. The highest BCUT2D eigenvalue weighted by Gasteiger charge is 2.06. The lowest BCUT2D eigenvalue weighted by molar-refractivity contribution is 0.298. The van der Waals surface area contributed by atoms with E-state index in [0.717, 1.165) is 13.0 Å². The molecule has 0 radical (unpaired) electrons. The van der Waals surface area contributed by atoms with Crippen LogP contribution in [-0.4, -0.2) is 42.6 Å². The van der Waals surface area contributed by atoms with Gasteiger partial charge in [-0.25, -0.2) is 0 Å². The van der Waals surface area contributed by atoms with Crippen molar-refractivity contribution in [2.24, 2.45) is 0 Å². The minimum Gasteiger partial charge on any atom is -0.367 e. The predicted octanol–water partition coefficient (Wildman–Crippen LogP) is 1.71. The molecule has 1 aliphatic rings. The first-order chi connectivity index (χ1) is 7.95. The second-order valence-corrected chi connectivity index (χ2v) is 4.28. The van der Waals surface area contributed by atoms with E-state index < -0.39 is 0 Å². The molecule has 0 bridgehead atoms. The van der Waals surface area contributed by atoms with E-state index in [2.05, 4.69) is 33.4 Å². The first-order valence-electron chi connectivity index (χ1n) is 6.17. The fourth-order valence-corrected chi connectivity index (χ4v) is 2.04. The smallest absolute Gasteiger partial charge is 0.0107 e. The molecule has 16 heavy (non-hydrogen) atoms. The Balaban J connectivity index is 1.67. The molecule has 0 amide bonds. The number of aromatic amines is 1. The van der Waals surface area contributed by atoms with Gasteiger partial charge in [0.15, 0.2) is 0 Å². The molecule has 2 rings (SSSR count). The number of nitrogens with one attached hydrogen (secondary N) is 2. The van der Waals surface area contributed by atoms with Gasteiger partial charge in [-0.2, -0.15) is 0 Å². The topological polar surface area (TPSA) is 31.1 Å². The highest BCUT2D eigenvalue weighted by molar-refractivity contribution is 5.47. The van der Waals surface area contributed by atoms with Crippen LogP contribution < -0.4 is 5.32 Å². The molecule has 0 saturated carbocycles. The molecule has 1 aliphatic heterocycles. The van der Waals surface area contributed by atoms with Crippen molar-refractivity contribution in [3.05, 3.63) is 30.1 Å². The Labute approximate surface area is 97.5 Å². The van der Waals surface area contributed by atoms with Crippen molar-refractivity contribution in [1.29, 1.82) is 0 Å². The lowest BCUT2D eigenvalue weighted by Gasteiger charge is -2.17. The van der Waals surface area contributed by atoms with E-state index in [4.69, 9.17) is 0 Å². The van der Waals surface area contributed by atoms with Gasteiger partial charge in [0, 0.05) is 32.0 Å². The number of aromatic nitrogens is 1. The first kappa shape index (κ1) is 11.4. The van der Waals surface area contributed by atoms with Crippen LogP contribution in [0.15, 0.2) is 24.5 Å². The van der Waals surface area contributed by atoms with Crippen molar-refractivity contribution in [3.63, 3.8) is 0 Å². The number of H-pyrrole nitrogens is 1. The Morgan fingerprint density at radius 1 is 1.31 bits per heavy atom. The van der Waals surface area contributed by atoms with E-state index in [1.807, 2.05) is 12.4 Å². The molecule has 0 spiro atoms. The quantitative estimate of drug-likeness (QED) is 0.808. The Bertz CT molecular complexity index is 295. The maximum atomic E-state index is 3.43. The van der Waals surface area contributed by atoms with Gasteiger partial charge in [0.1, 0.15) is 0 Å². The summed E-state index contributed by atoms with van der Waals surface area (Å²) >= 11 is 0. The molecule has 1 fully saturated rings. The molecule has 0 aliphatic carbocycles. The summed E-state index contributed by atoms with van der Waals surface area (Å²) in [6.07, 6.45) is 10.9. The number of hydrogen-bond donors (Lipinski definition) is 2. The van der Waals surface area contributed by atoms with Gasteiger partial charge in [0.05, 0.1) is 0 Å². The van der Waals surface area contributed by atoms with E-state index in [-0.39, 0.29) is 0 Å². The van der Waals surface area contributed by atoms with Gasteiger partial charge < -0.3 is 15.2 Å². The average Bonchev–Trinajstić information content (AvgIpc) is 2.68. The molecule has 0 aromatic carbocycles. The Kier molecular flexibility index (Phi) is 4.65. The zero-order valence-corrected chi connectivity index (χ0v) is 9.78. The third kappa shape index (κ3) is 3.83. The standard InChI is InChI=1S/C13H21N3/c1(4-13-5-7-15-12-13)2-9-16-10-3-6-14-8-11-16/h1,4-5,7,12,14-15H,2-3,6,8-11H2/b4-1+. The third-order valence-electron chi connectivity index (χ3n) is 2.98. The average molecular weight is 219 g/mol. The number of nitrogens with zero attached hydrogens (tertiary/aromatic N) is 1. The molecule has 1 aromatic rings. The third-order valence-corrected chi connectivity index (χ3v) is 2.98. The van der Waals surface area contributed by atoms with Gasteiger partial charge in [-0.05, 0) is 37.6 Å². The summed E-state index contributed by atoms with van der Waals surface area (Å²) in [7, 11) is 0. The molecule has 0 atom stereocenters. The molecule has 1 aromatic heterocycles. The van der Waals surface area contributed by atoms with Gasteiger partial charge in [0.2, 0.25) is 0 Å². The fraction of sp³-hybridized carbons (Fsp3) is 0.538. The number of hydrogen-bond acceptors (Lipinski definition) is 2. The highest BCUT2D eigenvalue weighted by atomic mass is 15.1. The summed E-state index contributed by atoms with van der Waals surface area (Å²) < 4.78 is 0. The second kappa shape index (κ2) is 6.51. The van der Waals surface area contributed by atoms with Gasteiger partial charge in [-0.15, -0.1) is 0 Å². The predicted molar refractivity (Wildman–Crippen MR) is 68.4 cm³/mol. The van der Waals surface area contributed by atoms with Gasteiger partial charge in [-0.3, -0.25) is 0 Å². The molecule has 0 unspecified atom stereocenters. The van der Waals surface area contributed by atoms with E-state index in [1.165, 1.54) is 38.2 Å². The van der Waals surface area contributed by atoms with Crippen LogP contribution in [0.25, 0.3) is 6.08 Å². The Morgan fingerprint density at radius 3 is 3.19 bits per heavy atom. The fourth-order valence-electron chi connectivity index (χ4n) is 2.04. The van der Waals surface area contributed by atoms with Crippen molar-refractivity contribution in [3.8, 4) is 0 Å². The summed E-state index contributed by atoms with van der Waals surface area (Å²) in [6.45, 7) is 5.93. The molecular weight excluding hydrogens is 198 g/mol. The Morgan fingerprint density at radius 2 is 2.31 bits per heavy atom. The molecule has 3 nitrogen and oxygen atoms in total. The highest BCUT2D eigenvalue weighted by Crippen LogP contribution is 2.02. The summed E-state index contributed by atoms with van der Waals surface area (Å²) in [5.74, 6) is 0. The van der Waals surface area contributed by atoms with Gasteiger partial charge in [0.25, 0.3) is 0 Å². The maximum Gasteiger partial charge on any atom is 0.0107 e. The molecular formula is C13H21N3. The van der Waals surface area contributed by atoms with Crippen LogP contribution in [-0.2, 0) is 0 Å². The molecule has 1 saturated heterocycles. The van der Waals surface area contributed by atoms with Crippen molar-refractivity contribution in [1.82, 2.24) is 15.2 Å². The SMILES string of the molecule is C(=C\c1cc[nH]c1)/CCN1CCCNCC1. The summed E-state index contributed by atoms with van der Waals surface area (Å²) in [6, 6.07) is 2.09. The van der Waals surface area contributed by atoms with Crippen molar-refractivity contribution in [2.45, 2.75) is 12.8 Å². The van der Waals surface area contributed by atoms with Crippen LogP contribution in [0.4, 0.5) is 0 Å². The zero-order valence-electron chi connectivity index (χ0n) is 9.78. The minimum atomic E-state index is 1.14. The van der Waals surface area contributed by atoms with Gasteiger partial charge >= 0.3 is 0 Å². The lowest BCUT2D eigenvalue weighted by atomic mass is 10.2. The monoisotopic (exact) mass is 219 g/mol. The van der Waals surface area contributed by atoms with E-state index in [9.17, 15) is 0 Å². The minimum absolute atomic E-state index is 1.14. The molecule has 2 heterocycles. The normalized spacial score (nSPS) is 19.0. The van der Waals surface area contributed by atoms with Crippen LogP contribution in [0.1, 0.15) is 18.4 Å². The zero-order chi connectivity index (χ0) is 11.1. The van der Waals surface area contributed by atoms with E-state index in [0.29, 0.717) is 0 Å². The number of rotatable bonds is 4. The molecule has 2 N–H and O–H groups in total. The summed E-state index contributed by atoms with van der Waals surface area (Å²) in [5.41, 5.74) is 1.26. The van der Waals surface area contributed by atoms with Crippen molar-refractivity contribution >= 4 is 6.08 Å². The van der Waals surface area contributed by atoms with Crippen LogP contribution in [0.5, 0.6) is 0 Å². The Hall–Kier alpha value is -1.06. The lowest BCUT2D eigenvalue weighted by Crippen LogP contribution is -2.28. The van der Waals surface area contributed by atoms with E-state index >= 15 is 0 Å². The van der Waals surface area contributed by atoms with Crippen LogP contribution in [0.2, 0.25) is 0 Å². The first-order valence-corrected chi connectivity index (χ1v) is 6.17. The largest absolute Gasteiger partial charge is 0.367 e. The van der Waals surface area contributed by atoms with Crippen molar-refractivity contribution in [2.75, 3.05) is 32.7 Å². The maximum absolute atomic E-state index is 3.43. The molecule has 88 valence electrons.